The van der Waals surface area contributed by atoms with Crippen molar-refractivity contribution in [1.29, 1.82) is 0 Å². The van der Waals surface area contributed by atoms with E-state index in [1.807, 2.05) is 12.1 Å². The first-order valence-corrected chi connectivity index (χ1v) is 6.33. The molecular weight excluding hydrogens is 280 g/mol. The van der Waals surface area contributed by atoms with E-state index in [0.717, 1.165) is 15.8 Å². The lowest BCUT2D eigenvalue weighted by atomic mass is 10.1. The lowest BCUT2D eigenvalue weighted by Gasteiger charge is -2.06. The van der Waals surface area contributed by atoms with Gasteiger partial charge in [-0.1, -0.05) is 15.9 Å². The first-order chi connectivity index (χ1) is 7.99. The highest BCUT2D eigenvalue weighted by Gasteiger charge is 2.10. The molecule has 1 aromatic carbocycles. The summed E-state index contributed by atoms with van der Waals surface area (Å²) >= 11 is 3.54. The van der Waals surface area contributed by atoms with Gasteiger partial charge in [-0.2, -0.15) is 0 Å². The standard InChI is InChI=1S/C14H15BrO2/c1-8-6-11(7-9(2)14(8)15)13-5-4-12(17-13)10(3)16/h4-7,10,16H,1-3H3. The Morgan fingerprint density at radius 1 is 1.18 bits per heavy atom. The summed E-state index contributed by atoms with van der Waals surface area (Å²) in [7, 11) is 0. The van der Waals surface area contributed by atoms with Crippen molar-refractivity contribution in [3.63, 3.8) is 0 Å². The number of hydrogen-bond donors (Lipinski definition) is 1. The molecule has 1 N–H and O–H groups in total. The van der Waals surface area contributed by atoms with Gasteiger partial charge in [0.2, 0.25) is 0 Å². The molecule has 1 aromatic heterocycles. The Labute approximate surface area is 109 Å². The van der Waals surface area contributed by atoms with E-state index in [9.17, 15) is 5.11 Å². The van der Waals surface area contributed by atoms with Crippen LogP contribution in [0.25, 0.3) is 11.3 Å². The maximum absolute atomic E-state index is 9.44. The molecule has 2 aromatic rings. The van der Waals surface area contributed by atoms with Gasteiger partial charge in [-0.3, -0.25) is 0 Å². The maximum atomic E-state index is 9.44. The van der Waals surface area contributed by atoms with Crippen LogP contribution in [-0.4, -0.2) is 5.11 Å². The first kappa shape index (κ1) is 12.4. The molecule has 3 heteroatoms. The van der Waals surface area contributed by atoms with Crippen molar-refractivity contribution >= 4 is 15.9 Å². The second-order valence-corrected chi connectivity index (χ2v) is 5.10. The zero-order valence-corrected chi connectivity index (χ0v) is 11.7. The summed E-state index contributed by atoms with van der Waals surface area (Å²) in [4.78, 5) is 0. The minimum atomic E-state index is -0.568. The molecule has 90 valence electrons. The molecule has 1 atom stereocenters. The summed E-state index contributed by atoms with van der Waals surface area (Å²) in [5.74, 6) is 1.39. The van der Waals surface area contributed by atoms with Crippen molar-refractivity contribution in [2.24, 2.45) is 0 Å². The molecule has 0 saturated carbocycles. The van der Waals surface area contributed by atoms with Gasteiger partial charge < -0.3 is 9.52 Å². The van der Waals surface area contributed by atoms with Crippen LogP contribution in [0.5, 0.6) is 0 Å². The van der Waals surface area contributed by atoms with Crippen molar-refractivity contribution in [1.82, 2.24) is 0 Å². The average molecular weight is 295 g/mol. The molecular formula is C14H15BrO2. The minimum Gasteiger partial charge on any atom is -0.458 e. The normalized spacial score (nSPS) is 12.8. The highest BCUT2D eigenvalue weighted by atomic mass is 79.9. The fourth-order valence-corrected chi connectivity index (χ4v) is 2.05. The molecule has 0 spiro atoms. The van der Waals surface area contributed by atoms with E-state index in [4.69, 9.17) is 4.42 Å². The van der Waals surface area contributed by atoms with Crippen molar-refractivity contribution in [3.05, 3.63) is 45.6 Å². The van der Waals surface area contributed by atoms with E-state index in [1.54, 1.807) is 6.92 Å². The van der Waals surface area contributed by atoms with Crippen LogP contribution in [0.15, 0.2) is 33.2 Å². The average Bonchev–Trinajstić information content (AvgIpc) is 2.74. The zero-order chi connectivity index (χ0) is 12.6. The highest BCUT2D eigenvalue weighted by molar-refractivity contribution is 9.10. The van der Waals surface area contributed by atoms with E-state index < -0.39 is 6.10 Å². The topological polar surface area (TPSA) is 33.4 Å². The van der Waals surface area contributed by atoms with Crippen molar-refractivity contribution in [3.8, 4) is 11.3 Å². The maximum Gasteiger partial charge on any atom is 0.134 e. The number of furan rings is 1. The van der Waals surface area contributed by atoms with Crippen LogP contribution in [0.1, 0.15) is 29.9 Å². The van der Waals surface area contributed by atoms with Crippen LogP contribution in [0.4, 0.5) is 0 Å². The number of hydrogen-bond acceptors (Lipinski definition) is 2. The van der Waals surface area contributed by atoms with Gasteiger partial charge in [-0.05, 0) is 56.2 Å². The fraction of sp³-hybridized carbons (Fsp3) is 0.286. The number of aliphatic hydroxyl groups is 1. The number of aliphatic hydroxyl groups excluding tert-OH is 1. The number of aryl methyl sites for hydroxylation is 2. The molecule has 0 saturated heterocycles. The van der Waals surface area contributed by atoms with Crippen LogP contribution in [0, 0.1) is 13.8 Å². The summed E-state index contributed by atoms with van der Waals surface area (Å²) in [6.07, 6.45) is -0.568. The largest absolute Gasteiger partial charge is 0.458 e. The Morgan fingerprint density at radius 3 is 2.24 bits per heavy atom. The Morgan fingerprint density at radius 2 is 1.76 bits per heavy atom. The Balaban J connectivity index is 2.46. The van der Waals surface area contributed by atoms with Crippen molar-refractivity contribution in [2.45, 2.75) is 26.9 Å². The molecule has 1 heterocycles. The monoisotopic (exact) mass is 294 g/mol. The van der Waals surface area contributed by atoms with E-state index in [-0.39, 0.29) is 0 Å². The van der Waals surface area contributed by atoms with Gasteiger partial charge >= 0.3 is 0 Å². The summed E-state index contributed by atoms with van der Waals surface area (Å²) in [6, 6.07) is 7.85. The molecule has 2 rings (SSSR count). The van der Waals surface area contributed by atoms with Gasteiger partial charge in [0.25, 0.3) is 0 Å². The van der Waals surface area contributed by atoms with Crippen LogP contribution >= 0.6 is 15.9 Å². The Hall–Kier alpha value is -1.06. The molecule has 2 nitrogen and oxygen atoms in total. The molecule has 0 aliphatic carbocycles. The molecule has 0 bridgehead atoms. The van der Waals surface area contributed by atoms with Gasteiger partial charge in [0.05, 0.1) is 0 Å². The van der Waals surface area contributed by atoms with Gasteiger partial charge in [0.1, 0.15) is 17.6 Å². The summed E-state index contributed by atoms with van der Waals surface area (Å²) in [6.45, 7) is 5.80. The Kier molecular flexibility index (Phi) is 3.40. The lowest BCUT2D eigenvalue weighted by molar-refractivity contribution is 0.170. The Bertz CT molecular complexity index is 518. The third kappa shape index (κ3) is 2.45. The predicted molar refractivity (Wildman–Crippen MR) is 72.0 cm³/mol. The van der Waals surface area contributed by atoms with Gasteiger partial charge in [-0.25, -0.2) is 0 Å². The highest BCUT2D eigenvalue weighted by Crippen LogP contribution is 2.30. The quantitative estimate of drug-likeness (QED) is 0.892. The first-order valence-electron chi connectivity index (χ1n) is 5.54. The van der Waals surface area contributed by atoms with Gasteiger partial charge in [0.15, 0.2) is 0 Å². The van der Waals surface area contributed by atoms with Crippen LogP contribution in [0.3, 0.4) is 0 Å². The summed E-state index contributed by atoms with van der Waals surface area (Å²) < 4.78 is 6.74. The third-order valence-electron chi connectivity index (χ3n) is 2.76. The van der Waals surface area contributed by atoms with Crippen LogP contribution in [-0.2, 0) is 0 Å². The van der Waals surface area contributed by atoms with Gasteiger partial charge in [-0.15, -0.1) is 0 Å². The fourth-order valence-electron chi connectivity index (χ4n) is 1.82. The van der Waals surface area contributed by atoms with Crippen molar-refractivity contribution in [2.75, 3.05) is 0 Å². The van der Waals surface area contributed by atoms with E-state index in [0.29, 0.717) is 5.76 Å². The third-order valence-corrected chi connectivity index (χ3v) is 4.01. The van der Waals surface area contributed by atoms with E-state index in [1.165, 1.54) is 11.1 Å². The van der Waals surface area contributed by atoms with Crippen LogP contribution in [0.2, 0.25) is 0 Å². The smallest absolute Gasteiger partial charge is 0.134 e. The summed E-state index contributed by atoms with van der Waals surface area (Å²) in [5.41, 5.74) is 3.39. The molecule has 0 fully saturated rings. The minimum absolute atomic E-state index is 0.568. The number of benzene rings is 1. The van der Waals surface area contributed by atoms with Crippen molar-refractivity contribution < 1.29 is 9.52 Å². The number of rotatable bonds is 2. The molecule has 0 amide bonds. The lowest BCUT2D eigenvalue weighted by Crippen LogP contribution is -1.86. The van der Waals surface area contributed by atoms with E-state index in [2.05, 4.69) is 41.9 Å². The molecule has 0 radical (unpaired) electrons. The predicted octanol–water partition coefficient (Wildman–Crippen LogP) is 4.38. The zero-order valence-electron chi connectivity index (χ0n) is 10.1. The second-order valence-electron chi connectivity index (χ2n) is 4.30. The van der Waals surface area contributed by atoms with E-state index >= 15 is 0 Å². The second kappa shape index (κ2) is 4.67. The molecule has 1 unspecified atom stereocenters. The number of halogens is 1. The molecule has 17 heavy (non-hydrogen) atoms. The molecule has 0 aliphatic heterocycles. The van der Waals surface area contributed by atoms with Crippen LogP contribution < -0.4 is 0 Å². The van der Waals surface area contributed by atoms with Gasteiger partial charge in [0, 0.05) is 10.0 Å². The molecule has 0 aliphatic rings. The summed E-state index contributed by atoms with van der Waals surface area (Å²) in [5, 5.41) is 9.44. The SMILES string of the molecule is Cc1cc(-c2ccc(C(C)O)o2)cc(C)c1Br.